The number of hydrogen-bond donors (Lipinski definition) is 2. The Morgan fingerprint density at radius 3 is 2.36 bits per heavy atom. The maximum atomic E-state index is 12.5. The summed E-state index contributed by atoms with van der Waals surface area (Å²) in [6.07, 6.45) is 4.55. The first-order valence-electron chi connectivity index (χ1n) is 9.15. The lowest BCUT2D eigenvalue weighted by Gasteiger charge is -2.26. The van der Waals surface area contributed by atoms with E-state index in [0.717, 1.165) is 62.5 Å². The van der Waals surface area contributed by atoms with Gasteiger partial charge in [0.15, 0.2) is 5.96 Å². The zero-order chi connectivity index (χ0) is 17.2. The number of carbonyl (C=O) groups is 1. The quantitative estimate of drug-likeness (QED) is 0.391. The number of guanidine groups is 1. The number of likely N-dealkylation sites (tertiary alicyclic amines) is 1. The summed E-state index contributed by atoms with van der Waals surface area (Å²) in [5.74, 6) is 0.996. The Hall–Kier alpha value is -1.31. The Labute approximate surface area is 168 Å². The van der Waals surface area contributed by atoms with Crippen LogP contribution in [0.2, 0.25) is 0 Å². The summed E-state index contributed by atoms with van der Waals surface area (Å²) in [4.78, 5) is 19.0. The van der Waals surface area contributed by atoms with Crippen molar-refractivity contribution in [1.82, 2.24) is 15.5 Å². The monoisotopic (exact) mass is 458 g/mol. The van der Waals surface area contributed by atoms with Gasteiger partial charge in [-0.25, -0.2) is 4.99 Å². The second kappa shape index (κ2) is 12.1. The van der Waals surface area contributed by atoms with Crippen LogP contribution in [0.1, 0.15) is 55.5 Å². The molecule has 0 aliphatic carbocycles. The summed E-state index contributed by atoms with van der Waals surface area (Å²) in [6, 6.07) is 7.86. The van der Waals surface area contributed by atoms with Crippen LogP contribution in [0.5, 0.6) is 0 Å². The van der Waals surface area contributed by atoms with E-state index in [0.29, 0.717) is 6.54 Å². The lowest BCUT2D eigenvalue weighted by molar-refractivity contribution is 0.0724. The molecule has 2 N–H and O–H groups in total. The van der Waals surface area contributed by atoms with Gasteiger partial charge in [0, 0.05) is 31.7 Å². The first kappa shape index (κ1) is 21.7. The maximum Gasteiger partial charge on any atom is 0.253 e. The summed E-state index contributed by atoms with van der Waals surface area (Å²) in [5.41, 5.74) is 1.89. The first-order valence-corrected chi connectivity index (χ1v) is 9.15. The largest absolute Gasteiger partial charge is 0.357 e. The minimum Gasteiger partial charge on any atom is -0.357 e. The van der Waals surface area contributed by atoms with E-state index in [-0.39, 0.29) is 29.9 Å². The molecule has 0 bridgehead atoms. The fraction of sp³-hybridized carbons (Fsp3) is 0.579. The number of nitrogens with one attached hydrogen (secondary N) is 2. The standard InChI is InChI=1S/C19H30N4O.HI/c1-3-12-21-19(20-4-2)22-15-16-8-10-17(11-9-16)18(24)23-13-6-5-7-14-23;/h8-11H,3-7,12-15H2,1-2H3,(H2,20,21,22);1H. The van der Waals surface area contributed by atoms with Crippen molar-refractivity contribution in [1.29, 1.82) is 0 Å². The van der Waals surface area contributed by atoms with Gasteiger partial charge in [-0.2, -0.15) is 0 Å². The van der Waals surface area contributed by atoms with Crippen LogP contribution in [0, 0.1) is 0 Å². The molecule has 1 aromatic carbocycles. The van der Waals surface area contributed by atoms with E-state index in [1.54, 1.807) is 0 Å². The molecule has 25 heavy (non-hydrogen) atoms. The van der Waals surface area contributed by atoms with Crippen LogP contribution in [0.4, 0.5) is 0 Å². The van der Waals surface area contributed by atoms with Crippen molar-refractivity contribution < 1.29 is 4.79 Å². The average molecular weight is 458 g/mol. The molecule has 1 aromatic rings. The maximum absolute atomic E-state index is 12.5. The van der Waals surface area contributed by atoms with E-state index < -0.39 is 0 Å². The van der Waals surface area contributed by atoms with Crippen LogP contribution in [-0.4, -0.2) is 42.9 Å². The third-order valence-electron chi connectivity index (χ3n) is 4.15. The molecule has 0 radical (unpaired) electrons. The molecule has 1 fully saturated rings. The minimum atomic E-state index is 0. The smallest absolute Gasteiger partial charge is 0.253 e. The first-order chi connectivity index (χ1) is 11.7. The van der Waals surface area contributed by atoms with Crippen LogP contribution < -0.4 is 10.6 Å². The van der Waals surface area contributed by atoms with E-state index in [9.17, 15) is 4.79 Å². The highest BCUT2D eigenvalue weighted by molar-refractivity contribution is 14.0. The number of carbonyl (C=O) groups excluding carboxylic acids is 1. The van der Waals surface area contributed by atoms with Gasteiger partial charge in [-0.15, -0.1) is 24.0 Å². The molecule has 0 aromatic heterocycles. The third-order valence-corrected chi connectivity index (χ3v) is 4.15. The number of nitrogens with zero attached hydrogens (tertiary/aromatic N) is 2. The fourth-order valence-corrected chi connectivity index (χ4v) is 2.79. The Bertz CT molecular complexity index is 539. The third kappa shape index (κ3) is 7.22. The SMILES string of the molecule is CCCNC(=NCc1ccc(C(=O)N2CCCCC2)cc1)NCC.I. The van der Waals surface area contributed by atoms with Gasteiger partial charge in [0.05, 0.1) is 6.54 Å². The Morgan fingerprint density at radius 1 is 1.08 bits per heavy atom. The van der Waals surface area contributed by atoms with Gasteiger partial charge in [-0.3, -0.25) is 4.79 Å². The van der Waals surface area contributed by atoms with E-state index >= 15 is 0 Å². The normalized spacial score (nSPS) is 14.6. The van der Waals surface area contributed by atoms with Gasteiger partial charge in [0.1, 0.15) is 0 Å². The number of rotatable bonds is 6. The van der Waals surface area contributed by atoms with Gasteiger partial charge in [0.2, 0.25) is 0 Å². The van der Waals surface area contributed by atoms with Crippen molar-refractivity contribution in [2.24, 2.45) is 4.99 Å². The zero-order valence-electron chi connectivity index (χ0n) is 15.4. The highest BCUT2D eigenvalue weighted by atomic mass is 127. The molecule has 1 aliphatic rings. The number of benzene rings is 1. The van der Waals surface area contributed by atoms with Crippen molar-refractivity contribution >= 4 is 35.8 Å². The molecule has 1 aliphatic heterocycles. The van der Waals surface area contributed by atoms with Crippen molar-refractivity contribution in [3.8, 4) is 0 Å². The number of aliphatic imine (C=N–C) groups is 1. The number of piperidine rings is 1. The second-order valence-electron chi connectivity index (χ2n) is 6.17. The van der Waals surface area contributed by atoms with E-state index in [2.05, 4.69) is 29.5 Å². The van der Waals surface area contributed by atoms with Gasteiger partial charge in [0.25, 0.3) is 5.91 Å². The van der Waals surface area contributed by atoms with E-state index in [4.69, 9.17) is 0 Å². The highest BCUT2D eigenvalue weighted by Crippen LogP contribution is 2.14. The van der Waals surface area contributed by atoms with E-state index in [1.165, 1.54) is 6.42 Å². The Morgan fingerprint density at radius 2 is 1.76 bits per heavy atom. The molecule has 1 amide bonds. The number of amides is 1. The molecule has 5 nitrogen and oxygen atoms in total. The molecule has 0 spiro atoms. The lowest BCUT2D eigenvalue weighted by atomic mass is 10.1. The van der Waals surface area contributed by atoms with Crippen molar-refractivity contribution in [2.75, 3.05) is 26.2 Å². The lowest BCUT2D eigenvalue weighted by Crippen LogP contribution is -2.37. The van der Waals surface area contributed by atoms with Gasteiger partial charge < -0.3 is 15.5 Å². The summed E-state index contributed by atoms with van der Waals surface area (Å²) in [7, 11) is 0. The van der Waals surface area contributed by atoms with Crippen LogP contribution in [0.15, 0.2) is 29.3 Å². The molecule has 0 atom stereocenters. The van der Waals surface area contributed by atoms with Crippen LogP contribution in [0.3, 0.4) is 0 Å². The van der Waals surface area contributed by atoms with Crippen LogP contribution >= 0.6 is 24.0 Å². The van der Waals surface area contributed by atoms with Crippen LogP contribution in [0.25, 0.3) is 0 Å². The summed E-state index contributed by atoms with van der Waals surface area (Å²) in [5, 5.41) is 6.53. The molecule has 1 heterocycles. The molecule has 140 valence electrons. The average Bonchev–Trinajstić information content (AvgIpc) is 2.64. The molecule has 6 heteroatoms. The predicted octanol–water partition coefficient (Wildman–Crippen LogP) is 3.40. The summed E-state index contributed by atoms with van der Waals surface area (Å²) in [6.45, 7) is 8.34. The van der Waals surface area contributed by atoms with Gasteiger partial charge in [-0.1, -0.05) is 19.1 Å². The number of halogens is 1. The highest BCUT2D eigenvalue weighted by Gasteiger charge is 2.17. The van der Waals surface area contributed by atoms with Crippen molar-refractivity contribution in [3.05, 3.63) is 35.4 Å². The predicted molar refractivity (Wildman–Crippen MR) is 115 cm³/mol. The minimum absolute atomic E-state index is 0. The molecule has 0 saturated carbocycles. The van der Waals surface area contributed by atoms with Crippen molar-refractivity contribution in [2.45, 2.75) is 46.1 Å². The topological polar surface area (TPSA) is 56.7 Å². The van der Waals surface area contributed by atoms with E-state index in [1.807, 2.05) is 29.2 Å². The molecule has 1 saturated heterocycles. The Balaban J connectivity index is 0.00000312. The summed E-state index contributed by atoms with van der Waals surface area (Å²) < 4.78 is 0. The van der Waals surface area contributed by atoms with Gasteiger partial charge in [-0.05, 0) is 50.3 Å². The van der Waals surface area contributed by atoms with Crippen LogP contribution in [-0.2, 0) is 6.54 Å². The zero-order valence-corrected chi connectivity index (χ0v) is 17.7. The molecular weight excluding hydrogens is 427 g/mol. The second-order valence-corrected chi connectivity index (χ2v) is 6.17. The Kier molecular flexibility index (Phi) is 10.5. The fourth-order valence-electron chi connectivity index (χ4n) is 2.79. The summed E-state index contributed by atoms with van der Waals surface area (Å²) >= 11 is 0. The van der Waals surface area contributed by atoms with Crippen molar-refractivity contribution in [3.63, 3.8) is 0 Å². The molecule has 0 unspecified atom stereocenters. The van der Waals surface area contributed by atoms with Gasteiger partial charge >= 0.3 is 0 Å². The molecular formula is C19H31IN4O. The molecule has 2 rings (SSSR count). The number of hydrogen-bond acceptors (Lipinski definition) is 2.